The predicted octanol–water partition coefficient (Wildman–Crippen LogP) is 2.71. The Morgan fingerprint density at radius 3 is 2.44 bits per heavy atom. The number of hydrogen-bond donors (Lipinski definition) is 2. The number of nitrogens with one attached hydrogen (secondary N) is 2. The molecule has 2 N–H and O–H groups in total. The molecule has 0 aliphatic heterocycles. The highest BCUT2D eigenvalue weighted by Gasteiger charge is 2.19. The van der Waals surface area contributed by atoms with Gasteiger partial charge in [-0.1, -0.05) is 27.2 Å². The Labute approximate surface area is 112 Å². The van der Waals surface area contributed by atoms with Gasteiger partial charge in [-0.15, -0.1) is 0 Å². The molecule has 0 aromatic carbocycles. The lowest BCUT2D eigenvalue weighted by Crippen LogP contribution is -2.41. The summed E-state index contributed by atoms with van der Waals surface area (Å²) in [6.45, 7) is 7.92. The fourth-order valence-corrected chi connectivity index (χ4v) is 2.57. The molecule has 0 unspecified atom stereocenters. The lowest BCUT2D eigenvalue weighted by Gasteiger charge is -2.28. The molecule has 0 heterocycles. The van der Waals surface area contributed by atoms with Crippen LogP contribution in [0.25, 0.3) is 0 Å². The van der Waals surface area contributed by atoms with E-state index in [1.165, 1.54) is 32.1 Å². The Morgan fingerprint density at radius 1 is 1.22 bits per heavy atom. The summed E-state index contributed by atoms with van der Waals surface area (Å²) in [5.41, 5.74) is 0. The van der Waals surface area contributed by atoms with E-state index < -0.39 is 0 Å². The molecule has 0 saturated heterocycles. The molecule has 1 amide bonds. The number of amides is 1. The molecule has 3 nitrogen and oxygen atoms in total. The van der Waals surface area contributed by atoms with Crippen molar-refractivity contribution in [2.75, 3.05) is 13.1 Å². The van der Waals surface area contributed by atoms with Gasteiger partial charge in [0.15, 0.2) is 0 Å². The predicted molar refractivity (Wildman–Crippen MR) is 76.5 cm³/mol. The summed E-state index contributed by atoms with van der Waals surface area (Å²) in [5, 5.41) is 6.36. The molecule has 18 heavy (non-hydrogen) atoms. The minimum atomic E-state index is 0.147. The van der Waals surface area contributed by atoms with E-state index in [0.717, 1.165) is 18.9 Å². The van der Waals surface area contributed by atoms with Crippen LogP contribution in [0.15, 0.2) is 0 Å². The van der Waals surface area contributed by atoms with Crippen LogP contribution in [0.1, 0.15) is 59.3 Å². The van der Waals surface area contributed by atoms with Gasteiger partial charge in [-0.3, -0.25) is 4.79 Å². The molecule has 0 bridgehead atoms. The largest absolute Gasteiger partial charge is 0.355 e. The molecule has 1 fully saturated rings. The minimum Gasteiger partial charge on any atom is -0.355 e. The van der Waals surface area contributed by atoms with Crippen LogP contribution in [0.2, 0.25) is 0 Å². The monoisotopic (exact) mass is 254 g/mol. The van der Waals surface area contributed by atoms with Crippen molar-refractivity contribution in [3.05, 3.63) is 0 Å². The van der Waals surface area contributed by atoms with Crippen LogP contribution < -0.4 is 10.6 Å². The molecule has 0 aromatic heterocycles. The summed E-state index contributed by atoms with van der Waals surface area (Å²) >= 11 is 0. The van der Waals surface area contributed by atoms with Crippen molar-refractivity contribution >= 4 is 5.91 Å². The van der Waals surface area contributed by atoms with Gasteiger partial charge in [-0.25, -0.2) is 0 Å². The molecule has 0 aromatic rings. The summed E-state index contributed by atoms with van der Waals surface area (Å²) in [6, 6.07) is 0.559. The highest BCUT2D eigenvalue weighted by atomic mass is 16.1. The van der Waals surface area contributed by atoms with Crippen molar-refractivity contribution in [2.24, 2.45) is 11.8 Å². The van der Waals surface area contributed by atoms with Gasteiger partial charge in [-0.2, -0.15) is 0 Å². The van der Waals surface area contributed by atoms with Crippen molar-refractivity contribution in [1.82, 2.24) is 10.6 Å². The Hall–Kier alpha value is -0.570. The average molecular weight is 254 g/mol. The van der Waals surface area contributed by atoms with Gasteiger partial charge in [0.05, 0.1) is 6.54 Å². The number of carbonyl (C=O) groups excluding carboxylic acids is 1. The van der Waals surface area contributed by atoms with E-state index in [-0.39, 0.29) is 5.91 Å². The highest BCUT2D eigenvalue weighted by molar-refractivity contribution is 5.77. The third-order valence-corrected chi connectivity index (χ3v) is 4.02. The maximum absolute atomic E-state index is 11.6. The number of carbonyl (C=O) groups is 1. The molecule has 0 atom stereocenters. The van der Waals surface area contributed by atoms with Crippen molar-refractivity contribution in [3.63, 3.8) is 0 Å². The van der Waals surface area contributed by atoms with E-state index in [9.17, 15) is 4.79 Å². The van der Waals surface area contributed by atoms with E-state index in [2.05, 4.69) is 31.4 Å². The zero-order chi connectivity index (χ0) is 13.4. The quantitative estimate of drug-likeness (QED) is 0.733. The SMILES string of the molecule is CCC1CCC(NCC(=O)NCCC(C)C)CC1. The van der Waals surface area contributed by atoms with Crippen molar-refractivity contribution in [1.29, 1.82) is 0 Å². The second-order valence-corrected chi connectivity index (χ2v) is 6.04. The molecule has 1 aliphatic rings. The van der Waals surface area contributed by atoms with Crippen LogP contribution in [0.5, 0.6) is 0 Å². The van der Waals surface area contributed by atoms with Crippen LogP contribution in [-0.4, -0.2) is 25.0 Å². The van der Waals surface area contributed by atoms with Crippen molar-refractivity contribution in [2.45, 2.75) is 65.3 Å². The Bertz CT molecular complexity index is 233. The standard InChI is InChI=1S/C15H30N2O/c1-4-13-5-7-14(8-6-13)17-11-15(18)16-10-9-12(2)3/h12-14,17H,4-11H2,1-3H3,(H,16,18). The van der Waals surface area contributed by atoms with E-state index in [0.29, 0.717) is 18.5 Å². The summed E-state index contributed by atoms with van der Waals surface area (Å²) in [4.78, 5) is 11.6. The first-order valence-corrected chi connectivity index (χ1v) is 7.61. The minimum absolute atomic E-state index is 0.147. The third kappa shape index (κ3) is 6.39. The molecular weight excluding hydrogens is 224 g/mol. The van der Waals surface area contributed by atoms with E-state index in [1.807, 2.05) is 0 Å². The molecule has 1 saturated carbocycles. The van der Waals surface area contributed by atoms with E-state index >= 15 is 0 Å². The molecule has 3 heteroatoms. The second-order valence-electron chi connectivity index (χ2n) is 6.04. The second kappa shape index (κ2) is 8.52. The zero-order valence-electron chi connectivity index (χ0n) is 12.3. The summed E-state index contributed by atoms with van der Waals surface area (Å²) in [6.07, 6.45) is 7.48. The van der Waals surface area contributed by atoms with Crippen molar-refractivity contribution < 1.29 is 4.79 Å². The Balaban J connectivity index is 2.04. The highest BCUT2D eigenvalue weighted by Crippen LogP contribution is 2.26. The van der Waals surface area contributed by atoms with Gasteiger partial charge < -0.3 is 10.6 Å². The molecule has 1 aliphatic carbocycles. The summed E-state index contributed by atoms with van der Waals surface area (Å²) < 4.78 is 0. The first kappa shape index (κ1) is 15.5. The molecular formula is C15H30N2O. The molecule has 0 radical (unpaired) electrons. The Kier molecular flexibility index (Phi) is 7.33. The van der Waals surface area contributed by atoms with Gasteiger partial charge in [0.2, 0.25) is 5.91 Å². The smallest absolute Gasteiger partial charge is 0.233 e. The topological polar surface area (TPSA) is 41.1 Å². The average Bonchev–Trinajstić information content (AvgIpc) is 2.36. The zero-order valence-corrected chi connectivity index (χ0v) is 12.3. The van der Waals surface area contributed by atoms with Gasteiger partial charge in [0.25, 0.3) is 0 Å². The van der Waals surface area contributed by atoms with Gasteiger partial charge in [-0.05, 0) is 43.9 Å². The maximum Gasteiger partial charge on any atom is 0.233 e. The van der Waals surface area contributed by atoms with Gasteiger partial charge >= 0.3 is 0 Å². The number of hydrogen-bond acceptors (Lipinski definition) is 2. The first-order chi connectivity index (χ1) is 8.61. The fourth-order valence-electron chi connectivity index (χ4n) is 2.57. The lowest BCUT2D eigenvalue weighted by atomic mass is 9.84. The van der Waals surface area contributed by atoms with E-state index in [4.69, 9.17) is 0 Å². The normalized spacial score (nSPS) is 24.2. The van der Waals surface area contributed by atoms with Crippen LogP contribution >= 0.6 is 0 Å². The van der Waals surface area contributed by atoms with Crippen molar-refractivity contribution in [3.8, 4) is 0 Å². The lowest BCUT2D eigenvalue weighted by molar-refractivity contribution is -0.120. The van der Waals surface area contributed by atoms with Crippen LogP contribution in [0, 0.1) is 11.8 Å². The van der Waals surface area contributed by atoms with E-state index in [1.54, 1.807) is 0 Å². The van der Waals surface area contributed by atoms with Crippen LogP contribution in [-0.2, 0) is 4.79 Å². The van der Waals surface area contributed by atoms with Gasteiger partial charge in [0, 0.05) is 12.6 Å². The van der Waals surface area contributed by atoms with Gasteiger partial charge in [0.1, 0.15) is 0 Å². The number of rotatable bonds is 7. The molecule has 1 rings (SSSR count). The first-order valence-electron chi connectivity index (χ1n) is 7.61. The maximum atomic E-state index is 11.6. The summed E-state index contributed by atoms with van der Waals surface area (Å²) in [7, 11) is 0. The molecule has 0 spiro atoms. The van der Waals surface area contributed by atoms with Crippen LogP contribution in [0.3, 0.4) is 0 Å². The Morgan fingerprint density at radius 2 is 1.89 bits per heavy atom. The fraction of sp³-hybridized carbons (Fsp3) is 0.933. The molecule has 106 valence electrons. The summed E-state index contributed by atoms with van der Waals surface area (Å²) in [5.74, 6) is 1.72. The third-order valence-electron chi connectivity index (χ3n) is 4.02. The van der Waals surface area contributed by atoms with Crippen LogP contribution in [0.4, 0.5) is 0 Å².